The summed E-state index contributed by atoms with van der Waals surface area (Å²) in [6.07, 6.45) is 8.38. The minimum Gasteiger partial charge on any atom is -0.336 e. The van der Waals surface area contributed by atoms with E-state index >= 15 is 0 Å². The summed E-state index contributed by atoms with van der Waals surface area (Å²) >= 11 is 0. The van der Waals surface area contributed by atoms with Gasteiger partial charge in [-0.2, -0.15) is 0 Å². The van der Waals surface area contributed by atoms with Gasteiger partial charge >= 0.3 is 5.69 Å². The molecule has 7 heteroatoms. The number of pyridine rings is 1. The van der Waals surface area contributed by atoms with Crippen molar-refractivity contribution in [1.82, 2.24) is 19.4 Å². The van der Waals surface area contributed by atoms with Crippen LogP contribution in [-0.4, -0.2) is 37.9 Å². The van der Waals surface area contributed by atoms with Crippen molar-refractivity contribution < 1.29 is 4.79 Å². The number of hydrogen-bond donors (Lipinski definition) is 1. The highest BCUT2D eigenvalue weighted by molar-refractivity contribution is 5.97. The Bertz CT molecular complexity index is 958. The van der Waals surface area contributed by atoms with E-state index in [0.717, 1.165) is 44.9 Å². The molecular formula is C21H30N4O3. The number of nitrogens with one attached hydrogen (secondary N) is 1. The first-order valence-corrected chi connectivity index (χ1v) is 10.4. The lowest BCUT2D eigenvalue weighted by Crippen LogP contribution is -2.39. The second kappa shape index (κ2) is 8.71. The van der Waals surface area contributed by atoms with Gasteiger partial charge in [-0.3, -0.25) is 19.1 Å². The van der Waals surface area contributed by atoms with Crippen LogP contribution in [0.15, 0.2) is 21.9 Å². The Morgan fingerprint density at radius 3 is 2.68 bits per heavy atom. The van der Waals surface area contributed by atoms with Crippen LogP contribution in [0.1, 0.15) is 82.1 Å². The smallest absolute Gasteiger partial charge is 0.330 e. The molecule has 1 N–H and O–H groups in total. The Hall–Kier alpha value is -2.44. The van der Waals surface area contributed by atoms with Crippen LogP contribution in [0.2, 0.25) is 0 Å². The predicted molar refractivity (Wildman–Crippen MR) is 110 cm³/mol. The number of carbonyl (C=O) groups is 1. The number of nitrogens with zero attached hydrogens (tertiary/aromatic N) is 3. The lowest BCUT2D eigenvalue weighted by molar-refractivity contribution is 0.0679. The van der Waals surface area contributed by atoms with Crippen molar-refractivity contribution in [3.05, 3.63) is 38.7 Å². The van der Waals surface area contributed by atoms with E-state index in [2.05, 4.69) is 30.7 Å². The Morgan fingerprint density at radius 2 is 2.04 bits per heavy atom. The van der Waals surface area contributed by atoms with Gasteiger partial charge in [0.2, 0.25) is 0 Å². The number of unbranched alkanes of at least 4 members (excludes halogenated alkanes) is 2. The maximum atomic E-state index is 13.2. The number of rotatable bonds is 9. The van der Waals surface area contributed by atoms with Crippen LogP contribution in [0.25, 0.3) is 11.0 Å². The highest BCUT2D eigenvalue weighted by Gasteiger charge is 2.28. The maximum absolute atomic E-state index is 13.2. The first-order valence-electron chi connectivity index (χ1n) is 10.4. The van der Waals surface area contributed by atoms with Gasteiger partial charge in [0, 0.05) is 24.8 Å². The summed E-state index contributed by atoms with van der Waals surface area (Å²) in [4.78, 5) is 46.4. The molecule has 2 aromatic rings. The molecule has 0 aromatic carbocycles. The highest BCUT2D eigenvalue weighted by atomic mass is 16.2. The Balaban J connectivity index is 1.97. The molecule has 1 atom stereocenters. The number of H-pyrrole nitrogens is 1. The first kappa shape index (κ1) is 20.3. The molecule has 0 radical (unpaired) electrons. The topological polar surface area (TPSA) is 88.1 Å². The molecule has 0 spiro atoms. The molecule has 152 valence electrons. The van der Waals surface area contributed by atoms with E-state index in [4.69, 9.17) is 0 Å². The fourth-order valence-corrected chi connectivity index (χ4v) is 3.72. The number of fused-ring (bicyclic) bond motifs is 1. The minimum absolute atomic E-state index is 0.0935. The van der Waals surface area contributed by atoms with Gasteiger partial charge < -0.3 is 4.90 Å². The minimum atomic E-state index is -0.488. The number of amides is 1. The zero-order valence-corrected chi connectivity index (χ0v) is 17.0. The molecule has 1 saturated carbocycles. The number of aromatic amines is 1. The third-order valence-electron chi connectivity index (χ3n) is 5.44. The lowest BCUT2D eigenvalue weighted by atomic mass is 10.1. The summed E-state index contributed by atoms with van der Waals surface area (Å²) in [5, 5.41) is 0.300. The standard InChI is InChI=1S/C21H30N4O3/c1-4-6-7-11-24(14(3)8-5-2)20(27)15-12-17-18(22-13-15)25(16-9-10-16)21(28)23-19(17)26/h12-14,16H,4-11H2,1-3H3,(H,23,26,28). The SMILES string of the molecule is CCCCCN(C(=O)c1cnc2c(c1)c(=O)[nH]c(=O)n2C1CC1)C(C)CCC. The van der Waals surface area contributed by atoms with Crippen LogP contribution >= 0.6 is 0 Å². The van der Waals surface area contributed by atoms with Crippen molar-refractivity contribution >= 4 is 16.9 Å². The molecular weight excluding hydrogens is 356 g/mol. The highest BCUT2D eigenvalue weighted by Crippen LogP contribution is 2.34. The largest absolute Gasteiger partial charge is 0.336 e. The van der Waals surface area contributed by atoms with Gasteiger partial charge in [0.05, 0.1) is 10.9 Å². The molecule has 0 bridgehead atoms. The normalized spacial score (nSPS) is 15.0. The van der Waals surface area contributed by atoms with E-state index in [1.807, 2.05) is 4.90 Å². The molecule has 1 aliphatic rings. The molecule has 1 aliphatic carbocycles. The third-order valence-corrected chi connectivity index (χ3v) is 5.44. The summed E-state index contributed by atoms with van der Waals surface area (Å²) in [5.41, 5.74) is -0.145. The van der Waals surface area contributed by atoms with E-state index in [0.29, 0.717) is 23.1 Å². The molecule has 1 fully saturated rings. The Labute approximate surface area is 164 Å². The van der Waals surface area contributed by atoms with Crippen LogP contribution in [-0.2, 0) is 0 Å². The Morgan fingerprint density at radius 1 is 1.29 bits per heavy atom. The molecule has 3 rings (SSSR count). The average molecular weight is 386 g/mol. The first-order chi connectivity index (χ1) is 13.5. The average Bonchev–Trinajstić information content (AvgIpc) is 3.50. The van der Waals surface area contributed by atoms with Gasteiger partial charge in [0.15, 0.2) is 0 Å². The quantitative estimate of drug-likeness (QED) is 0.670. The van der Waals surface area contributed by atoms with E-state index in [-0.39, 0.29) is 18.0 Å². The van der Waals surface area contributed by atoms with Gasteiger partial charge in [-0.1, -0.05) is 33.1 Å². The summed E-state index contributed by atoms with van der Waals surface area (Å²) in [5.74, 6) is -0.102. The molecule has 0 saturated heterocycles. The Kier molecular flexibility index (Phi) is 6.31. The molecule has 7 nitrogen and oxygen atoms in total. The number of hydrogen-bond acceptors (Lipinski definition) is 4. The summed E-state index contributed by atoms with van der Waals surface area (Å²) in [6.45, 7) is 7.02. The fraction of sp³-hybridized carbons (Fsp3) is 0.619. The van der Waals surface area contributed by atoms with Crippen molar-refractivity contribution in [1.29, 1.82) is 0 Å². The molecule has 28 heavy (non-hydrogen) atoms. The van der Waals surface area contributed by atoms with Gasteiger partial charge in [0.1, 0.15) is 5.65 Å². The molecule has 2 heterocycles. The van der Waals surface area contributed by atoms with E-state index in [1.165, 1.54) is 6.20 Å². The zero-order valence-electron chi connectivity index (χ0n) is 17.0. The van der Waals surface area contributed by atoms with Gasteiger partial charge in [-0.25, -0.2) is 9.78 Å². The van der Waals surface area contributed by atoms with Gasteiger partial charge in [-0.05, 0) is 38.7 Å². The maximum Gasteiger partial charge on any atom is 0.330 e. The predicted octanol–water partition coefficient (Wildman–Crippen LogP) is 3.24. The lowest BCUT2D eigenvalue weighted by Gasteiger charge is -2.29. The van der Waals surface area contributed by atoms with Crippen LogP contribution in [0, 0.1) is 0 Å². The van der Waals surface area contributed by atoms with Crippen molar-refractivity contribution in [3.8, 4) is 0 Å². The van der Waals surface area contributed by atoms with Gasteiger partial charge in [0.25, 0.3) is 11.5 Å². The second-order valence-electron chi connectivity index (χ2n) is 7.80. The summed E-state index contributed by atoms with van der Waals surface area (Å²) in [6, 6.07) is 1.81. The molecule has 1 amide bonds. The monoisotopic (exact) mass is 386 g/mol. The molecule has 1 unspecified atom stereocenters. The fourth-order valence-electron chi connectivity index (χ4n) is 3.72. The number of carbonyl (C=O) groups excluding carboxylic acids is 1. The van der Waals surface area contributed by atoms with E-state index in [1.54, 1.807) is 10.6 Å². The number of aromatic nitrogens is 3. The zero-order chi connectivity index (χ0) is 20.3. The van der Waals surface area contributed by atoms with Crippen molar-refractivity contribution in [2.45, 2.75) is 77.8 Å². The van der Waals surface area contributed by atoms with Crippen LogP contribution in [0.4, 0.5) is 0 Å². The van der Waals surface area contributed by atoms with Gasteiger partial charge in [-0.15, -0.1) is 0 Å². The third kappa shape index (κ3) is 4.18. The van der Waals surface area contributed by atoms with E-state index in [9.17, 15) is 14.4 Å². The van der Waals surface area contributed by atoms with E-state index < -0.39 is 11.2 Å². The second-order valence-corrected chi connectivity index (χ2v) is 7.80. The van der Waals surface area contributed by atoms with Crippen LogP contribution < -0.4 is 11.2 Å². The van der Waals surface area contributed by atoms with Crippen molar-refractivity contribution in [2.24, 2.45) is 0 Å². The molecule has 0 aliphatic heterocycles. The van der Waals surface area contributed by atoms with Crippen molar-refractivity contribution in [2.75, 3.05) is 6.54 Å². The van der Waals surface area contributed by atoms with Crippen molar-refractivity contribution in [3.63, 3.8) is 0 Å². The van der Waals surface area contributed by atoms with Crippen LogP contribution in [0.3, 0.4) is 0 Å². The summed E-state index contributed by atoms with van der Waals surface area (Å²) < 4.78 is 1.55. The summed E-state index contributed by atoms with van der Waals surface area (Å²) in [7, 11) is 0. The molecule has 2 aromatic heterocycles. The van der Waals surface area contributed by atoms with Crippen LogP contribution in [0.5, 0.6) is 0 Å².